The summed E-state index contributed by atoms with van der Waals surface area (Å²) >= 11 is 0. The fraction of sp³-hybridized carbons (Fsp3) is 0.900. The van der Waals surface area contributed by atoms with E-state index in [9.17, 15) is 19.8 Å². The molecular weight excluding hydrogens is 815 g/mol. The Kier molecular flexibility index (Phi) is 52.9. The number of hydrogen-bond acceptors (Lipinski definition) is 5. The van der Waals surface area contributed by atoms with Crippen LogP contribution in [0.3, 0.4) is 0 Å². The van der Waals surface area contributed by atoms with Crippen LogP contribution in [0.4, 0.5) is 0 Å². The minimum absolute atomic E-state index is 0.0825. The van der Waals surface area contributed by atoms with Crippen LogP contribution in [0.5, 0.6) is 0 Å². The second kappa shape index (κ2) is 54.3. The number of aliphatic hydroxyl groups excluding tert-OH is 2. The highest BCUT2D eigenvalue weighted by atomic mass is 16.5. The van der Waals surface area contributed by atoms with Crippen molar-refractivity contribution >= 4 is 11.9 Å². The van der Waals surface area contributed by atoms with Gasteiger partial charge in [-0.3, -0.25) is 9.59 Å². The monoisotopic (exact) mass is 930 g/mol. The zero-order valence-electron chi connectivity index (χ0n) is 44.6. The van der Waals surface area contributed by atoms with Crippen molar-refractivity contribution in [3.8, 4) is 0 Å². The van der Waals surface area contributed by atoms with Gasteiger partial charge in [-0.15, -0.1) is 0 Å². The van der Waals surface area contributed by atoms with E-state index in [0.29, 0.717) is 19.3 Å². The van der Waals surface area contributed by atoms with Crippen LogP contribution >= 0.6 is 0 Å². The Morgan fingerprint density at radius 1 is 0.439 bits per heavy atom. The maximum absolute atomic E-state index is 13.3. The van der Waals surface area contributed by atoms with Crippen LogP contribution in [0.2, 0.25) is 0 Å². The van der Waals surface area contributed by atoms with Gasteiger partial charge in [0.1, 0.15) is 6.10 Å². The molecule has 390 valence electrons. The van der Waals surface area contributed by atoms with Crippen LogP contribution in [-0.2, 0) is 14.3 Å². The molecule has 66 heavy (non-hydrogen) atoms. The first-order chi connectivity index (χ1) is 32.5. The summed E-state index contributed by atoms with van der Waals surface area (Å²) in [5, 5.41) is 23.9. The Bertz CT molecular complexity index is 1040. The lowest BCUT2D eigenvalue weighted by atomic mass is 10.0. The third kappa shape index (κ3) is 48.8. The Morgan fingerprint density at radius 3 is 1.18 bits per heavy atom. The number of allylic oxidation sites excluding steroid dienone is 4. The molecule has 3 atom stereocenters. The summed E-state index contributed by atoms with van der Waals surface area (Å²) in [6.45, 7) is 6.50. The van der Waals surface area contributed by atoms with Crippen LogP contribution in [0.1, 0.15) is 323 Å². The predicted octanol–water partition coefficient (Wildman–Crippen LogP) is 18.2. The van der Waals surface area contributed by atoms with Gasteiger partial charge in [-0.2, -0.15) is 0 Å². The lowest BCUT2D eigenvalue weighted by Crippen LogP contribution is -2.46. The number of nitrogens with one attached hydrogen (secondary N) is 1. The first-order valence-electron chi connectivity index (χ1n) is 29.6. The second-order valence-corrected chi connectivity index (χ2v) is 20.4. The van der Waals surface area contributed by atoms with Crippen LogP contribution in [-0.4, -0.2) is 46.9 Å². The van der Waals surface area contributed by atoms with E-state index in [-0.39, 0.29) is 24.9 Å². The summed E-state index contributed by atoms with van der Waals surface area (Å²) < 4.78 is 5.97. The van der Waals surface area contributed by atoms with Crippen LogP contribution in [0.15, 0.2) is 24.3 Å². The zero-order chi connectivity index (χ0) is 48.1. The molecule has 0 bridgehead atoms. The molecule has 0 saturated heterocycles. The Morgan fingerprint density at radius 2 is 0.773 bits per heavy atom. The molecule has 1 amide bonds. The lowest BCUT2D eigenvalue weighted by Gasteiger charge is -2.24. The van der Waals surface area contributed by atoms with Gasteiger partial charge in [0, 0.05) is 6.42 Å². The maximum Gasteiger partial charge on any atom is 0.306 e. The molecule has 3 unspecified atom stereocenters. The van der Waals surface area contributed by atoms with E-state index in [1.165, 1.54) is 225 Å². The molecule has 0 aromatic heterocycles. The minimum atomic E-state index is -0.784. The zero-order valence-corrected chi connectivity index (χ0v) is 44.6. The summed E-state index contributed by atoms with van der Waals surface area (Å²) in [4.78, 5) is 26.3. The predicted molar refractivity (Wildman–Crippen MR) is 287 cm³/mol. The smallest absolute Gasteiger partial charge is 0.306 e. The number of carbonyl (C=O) groups is 2. The van der Waals surface area contributed by atoms with Crippen molar-refractivity contribution in [1.29, 1.82) is 0 Å². The molecular formula is C60H115NO5. The molecule has 0 fully saturated rings. The number of amides is 1. The van der Waals surface area contributed by atoms with Gasteiger partial charge < -0.3 is 20.3 Å². The molecule has 0 aromatic rings. The van der Waals surface area contributed by atoms with Gasteiger partial charge in [-0.1, -0.05) is 276 Å². The molecule has 6 nitrogen and oxygen atoms in total. The van der Waals surface area contributed by atoms with Gasteiger partial charge in [0.15, 0.2) is 0 Å². The fourth-order valence-electron chi connectivity index (χ4n) is 9.29. The van der Waals surface area contributed by atoms with E-state index < -0.39 is 18.2 Å². The van der Waals surface area contributed by atoms with E-state index in [2.05, 4.69) is 50.4 Å². The second-order valence-electron chi connectivity index (χ2n) is 20.4. The normalized spacial score (nSPS) is 13.2. The fourth-order valence-corrected chi connectivity index (χ4v) is 9.29. The highest BCUT2D eigenvalue weighted by Gasteiger charge is 2.24. The van der Waals surface area contributed by atoms with Gasteiger partial charge in [-0.05, 0) is 57.8 Å². The number of aliphatic hydroxyl groups is 2. The number of esters is 1. The third-order valence-electron chi connectivity index (χ3n) is 13.8. The Labute approximate surface area is 411 Å². The molecule has 0 rings (SSSR count). The molecule has 0 aromatic carbocycles. The molecule has 0 aliphatic carbocycles. The largest absolute Gasteiger partial charge is 0.462 e. The molecule has 6 heteroatoms. The van der Waals surface area contributed by atoms with Crippen LogP contribution in [0, 0.1) is 0 Å². The van der Waals surface area contributed by atoms with E-state index in [1.807, 2.05) is 0 Å². The number of unbranched alkanes of at least 4 members (excludes halogenated alkanes) is 38. The average molecular weight is 931 g/mol. The Hall–Kier alpha value is -1.66. The molecule has 0 aliphatic heterocycles. The highest BCUT2D eigenvalue weighted by molar-refractivity contribution is 5.77. The first-order valence-corrected chi connectivity index (χ1v) is 29.6. The van der Waals surface area contributed by atoms with Crippen molar-refractivity contribution in [1.82, 2.24) is 5.32 Å². The summed E-state index contributed by atoms with van der Waals surface area (Å²) in [6.07, 6.45) is 63.9. The van der Waals surface area contributed by atoms with E-state index in [0.717, 1.165) is 51.4 Å². The molecule has 0 saturated carbocycles. The van der Waals surface area contributed by atoms with Crippen molar-refractivity contribution in [2.45, 2.75) is 341 Å². The average Bonchev–Trinajstić information content (AvgIpc) is 3.31. The lowest BCUT2D eigenvalue weighted by molar-refractivity contribution is -0.151. The summed E-state index contributed by atoms with van der Waals surface area (Å²) in [5.41, 5.74) is 0. The van der Waals surface area contributed by atoms with Crippen LogP contribution in [0.25, 0.3) is 0 Å². The quantitative estimate of drug-likeness (QED) is 0.0321. The van der Waals surface area contributed by atoms with Crippen molar-refractivity contribution in [2.75, 3.05) is 6.61 Å². The molecule has 0 heterocycles. The van der Waals surface area contributed by atoms with Gasteiger partial charge in [0.05, 0.1) is 25.2 Å². The molecule has 3 N–H and O–H groups in total. The SMILES string of the molecule is CCCCC/C=C\C/C=C\CCCCCCCCCCCC(=O)OC(CCCCCCCCCCCCCCCCCC)CC(=O)NC(CO)C(O)CCCCCCCCCCCCCC. The number of rotatable bonds is 54. The van der Waals surface area contributed by atoms with Crippen molar-refractivity contribution in [2.24, 2.45) is 0 Å². The molecule has 0 radical (unpaired) electrons. The van der Waals surface area contributed by atoms with Crippen molar-refractivity contribution in [3.63, 3.8) is 0 Å². The van der Waals surface area contributed by atoms with Gasteiger partial charge in [-0.25, -0.2) is 0 Å². The third-order valence-corrected chi connectivity index (χ3v) is 13.8. The number of hydrogen-bond donors (Lipinski definition) is 3. The summed E-state index contributed by atoms with van der Waals surface area (Å²) in [6, 6.07) is -0.698. The summed E-state index contributed by atoms with van der Waals surface area (Å²) in [7, 11) is 0. The van der Waals surface area contributed by atoms with Gasteiger partial charge in [0.2, 0.25) is 5.91 Å². The minimum Gasteiger partial charge on any atom is -0.462 e. The van der Waals surface area contributed by atoms with E-state index in [1.54, 1.807) is 0 Å². The maximum atomic E-state index is 13.3. The van der Waals surface area contributed by atoms with Gasteiger partial charge in [0.25, 0.3) is 0 Å². The summed E-state index contributed by atoms with van der Waals surface area (Å²) in [5.74, 6) is -0.457. The first kappa shape index (κ1) is 64.3. The van der Waals surface area contributed by atoms with E-state index in [4.69, 9.17) is 4.74 Å². The number of ether oxygens (including phenoxy) is 1. The van der Waals surface area contributed by atoms with Crippen molar-refractivity contribution < 1.29 is 24.5 Å². The topological polar surface area (TPSA) is 95.9 Å². The standard InChI is InChI=1S/C60H115NO5/c1-4-7-10-13-16-19-22-25-27-29-30-31-33-35-38-41-44-47-50-53-60(65)66-56(51-48-45-42-39-36-34-32-28-26-23-20-17-14-11-8-5-2)54-59(64)61-57(55-62)58(63)52-49-46-43-40-37-24-21-18-15-12-9-6-3/h16,19,25,27,56-58,62-63H,4-15,17-18,20-24,26,28-55H2,1-3H3,(H,61,64)/b19-16-,27-25-. The van der Waals surface area contributed by atoms with E-state index >= 15 is 0 Å². The van der Waals surface area contributed by atoms with Crippen molar-refractivity contribution in [3.05, 3.63) is 24.3 Å². The van der Waals surface area contributed by atoms with Crippen LogP contribution < -0.4 is 5.32 Å². The van der Waals surface area contributed by atoms with Gasteiger partial charge >= 0.3 is 5.97 Å². The molecule has 0 aliphatic rings. The number of carbonyl (C=O) groups excluding carboxylic acids is 2. The Balaban J connectivity index is 4.51. The highest BCUT2D eigenvalue weighted by Crippen LogP contribution is 2.19. The molecule has 0 spiro atoms.